The van der Waals surface area contributed by atoms with Crippen LogP contribution in [-0.2, 0) is 9.53 Å². The molecule has 0 heterocycles. The van der Waals surface area contributed by atoms with Gasteiger partial charge in [-0.3, -0.25) is 4.79 Å². The molecule has 0 aromatic rings. The summed E-state index contributed by atoms with van der Waals surface area (Å²) in [5.74, 6) is -2.11. The molecule has 3 nitrogen and oxygen atoms in total. The van der Waals surface area contributed by atoms with Crippen molar-refractivity contribution in [3.63, 3.8) is 0 Å². The second-order valence-corrected chi connectivity index (χ2v) is 4.53. The fourth-order valence-corrected chi connectivity index (χ4v) is 2.21. The molecule has 1 aliphatic rings. The third-order valence-corrected chi connectivity index (χ3v) is 2.94. The van der Waals surface area contributed by atoms with Crippen molar-refractivity contribution in [3.8, 4) is 0 Å². The maximum Gasteiger partial charge on any atom is 0.305 e. The largest absolute Gasteiger partial charge is 0.428 e. The zero-order chi connectivity index (χ0) is 10.1. The van der Waals surface area contributed by atoms with E-state index in [0.29, 0.717) is 0 Å². The summed E-state index contributed by atoms with van der Waals surface area (Å²) in [6.45, 7) is 1.25. The maximum absolute atomic E-state index is 10.7. The number of halogens is 2. The standard InChI is InChI=1S/C8H8Br2O3/c1-5(11)13-8(12)3-2-6(9)4-7(8)10/h2-4,7,12H,1H3/t7-,8-/m0/s1. The van der Waals surface area contributed by atoms with Crippen LogP contribution >= 0.6 is 31.9 Å². The Morgan fingerprint density at radius 1 is 1.77 bits per heavy atom. The average molecular weight is 312 g/mol. The van der Waals surface area contributed by atoms with E-state index in [2.05, 4.69) is 31.9 Å². The number of allylic oxidation sites excluding steroid dienone is 2. The highest BCUT2D eigenvalue weighted by Crippen LogP contribution is 2.30. The van der Waals surface area contributed by atoms with E-state index in [-0.39, 0.29) is 0 Å². The third-order valence-electron chi connectivity index (χ3n) is 1.49. The summed E-state index contributed by atoms with van der Waals surface area (Å²) in [6.07, 6.45) is 4.74. The molecule has 0 aromatic carbocycles. The Labute approximate surface area is 92.7 Å². The molecule has 1 aliphatic carbocycles. The van der Waals surface area contributed by atoms with Crippen molar-refractivity contribution < 1.29 is 14.6 Å². The van der Waals surface area contributed by atoms with E-state index < -0.39 is 16.6 Å². The van der Waals surface area contributed by atoms with Crippen molar-refractivity contribution in [3.05, 3.63) is 22.7 Å². The van der Waals surface area contributed by atoms with Crippen molar-refractivity contribution in [2.45, 2.75) is 17.5 Å². The molecule has 0 amide bonds. The Morgan fingerprint density at radius 2 is 2.38 bits per heavy atom. The van der Waals surface area contributed by atoms with Crippen LogP contribution in [0, 0.1) is 0 Å². The van der Waals surface area contributed by atoms with Gasteiger partial charge in [-0.1, -0.05) is 31.9 Å². The summed E-state index contributed by atoms with van der Waals surface area (Å²) >= 11 is 6.43. The molecule has 1 rings (SSSR count). The molecule has 1 N–H and O–H groups in total. The molecule has 0 aromatic heterocycles. The quantitative estimate of drug-likeness (QED) is 0.457. The first-order chi connectivity index (χ1) is 5.94. The molecule has 0 saturated heterocycles. The van der Waals surface area contributed by atoms with E-state index >= 15 is 0 Å². The van der Waals surface area contributed by atoms with E-state index in [1.807, 2.05) is 0 Å². The van der Waals surface area contributed by atoms with Gasteiger partial charge in [-0.2, -0.15) is 0 Å². The Hall–Kier alpha value is -0.130. The van der Waals surface area contributed by atoms with Crippen LogP contribution in [0.3, 0.4) is 0 Å². The van der Waals surface area contributed by atoms with E-state index in [4.69, 9.17) is 4.74 Å². The zero-order valence-corrected chi connectivity index (χ0v) is 10.0. The Balaban J connectivity index is 2.82. The predicted molar refractivity (Wildman–Crippen MR) is 55.6 cm³/mol. The number of esters is 1. The highest BCUT2D eigenvalue weighted by Gasteiger charge is 2.36. The van der Waals surface area contributed by atoms with E-state index in [1.54, 1.807) is 12.2 Å². The molecule has 0 aliphatic heterocycles. The van der Waals surface area contributed by atoms with E-state index in [1.165, 1.54) is 13.0 Å². The molecular formula is C8H8Br2O3. The lowest BCUT2D eigenvalue weighted by atomic mass is 10.1. The van der Waals surface area contributed by atoms with Crippen LogP contribution in [0.15, 0.2) is 22.7 Å². The van der Waals surface area contributed by atoms with Gasteiger partial charge in [-0.05, 0) is 18.2 Å². The topological polar surface area (TPSA) is 46.5 Å². The highest BCUT2D eigenvalue weighted by molar-refractivity contribution is 9.12. The molecule has 5 heteroatoms. The van der Waals surface area contributed by atoms with Crippen molar-refractivity contribution in [2.75, 3.05) is 0 Å². The first kappa shape index (κ1) is 10.9. The average Bonchev–Trinajstić information content (AvgIpc) is 1.97. The fraction of sp³-hybridized carbons (Fsp3) is 0.375. The zero-order valence-electron chi connectivity index (χ0n) is 6.83. The number of rotatable bonds is 1. The number of hydrogen-bond acceptors (Lipinski definition) is 3. The maximum atomic E-state index is 10.7. The van der Waals surface area contributed by atoms with Gasteiger partial charge in [-0.15, -0.1) is 0 Å². The smallest absolute Gasteiger partial charge is 0.305 e. The third kappa shape index (κ3) is 2.65. The summed E-state index contributed by atoms with van der Waals surface area (Å²) < 4.78 is 5.58. The lowest BCUT2D eigenvalue weighted by Crippen LogP contribution is -2.41. The molecule has 0 spiro atoms. The van der Waals surface area contributed by atoms with Gasteiger partial charge in [0.05, 0.1) is 0 Å². The van der Waals surface area contributed by atoms with Crippen LogP contribution in [0.1, 0.15) is 6.92 Å². The number of aliphatic hydroxyl groups is 1. The van der Waals surface area contributed by atoms with Crippen molar-refractivity contribution in [1.82, 2.24) is 0 Å². The Morgan fingerprint density at radius 3 is 2.85 bits per heavy atom. The molecule has 0 radical (unpaired) electrons. The lowest BCUT2D eigenvalue weighted by molar-refractivity contribution is -0.184. The molecule has 0 unspecified atom stereocenters. The van der Waals surface area contributed by atoms with Crippen LogP contribution in [-0.4, -0.2) is 21.7 Å². The fourth-order valence-electron chi connectivity index (χ4n) is 0.926. The normalized spacial score (nSPS) is 32.6. The summed E-state index contributed by atoms with van der Waals surface area (Å²) in [5, 5.41) is 9.79. The summed E-state index contributed by atoms with van der Waals surface area (Å²) in [5.41, 5.74) is 0. The first-order valence-corrected chi connectivity index (χ1v) is 5.27. The number of carbonyl (C=O) groups is 1. The Kier molecular flexibility index (Phi) is 3.32. The second-order valence-electron chi connectivity index (χ2n) is 2.63. The summed E-state index contributed by atoms with van der Waals surface area (Å²) in [4.78, 5) is 10.2. The molecule has 0 fully saturated rings. The van der Waals surface area contributed by atoms with E-state index in [9.17, 15) is 9.90 Å². The number of ether oxygens (including phenoxy) is 1. The van der Waals surface area contributed by atoms with Crippen LogP contribution in [0.4, 0.5) is 0 Å². The van der Waals surface area contributed by atoms with Crippen LogP contribution in [0.25, 0.3) is 0 Å². The first-order valence-electron chi connectivity index (χ1n) is 3.56. The summed E-state index contributed by atoms with van der Waals surface area (Å²) in [6, 6.07) is 0. The number of carbonyl (C=O) groups excluding carboxylic acids is 1. The molecule has 72 valence electrons. The predicted octanol–water partition coefficient (Wildman–Crippen LogP) is 1.85. The molecular weight excluding hydrogens is 304 g/mol. The minimum atomic E-state index is -1.58. The van der Waals surface area contributed by atoms with Crippen molar-refractivity contribution >= 4 is 37.8 Å². The van der Waals surface area contributed by atoms with Gasteiger partial charge in [0, 0.05) is 11.4 Å². The molecule has 0 saturated carbocycles. The Bertz CT molecular complexity index is 285. The number of hydrogen-bond donors (Lipinski definition) is 1. The minimum absolute atomic E-state index is 0.441. The molecule has 13 heavy (non-hydrogen) atoms. The summed E-state index contributed by atoms with van der Waals surface area (Å²) in [7, 11) is 0. The van der Waals surface area contributed by atoms with Gasteiger partial charge in [0.15, 0.2) is 0 Å². The van der Waals surface area contributed by atoms with Gasteiger partial charge in [0.25, 0.3) is 0 Å². The van der Waals surface area contributed by atoms with Gasteiger partial charge >= 0.3 is 5.97 Å². The van der Waals surface area contributed by atoms with Crippen LogP contribution in [0.2, 0.25) is 0 Å². The molecule has 2 atom stereocenters. The lowest BCUT2D eigenvalue weighted by Gasteiger charge is -2.29. The van der Waals surface area contributed by atoms with Crippen LogP contribution < -0.4 is 0 Å². The highest BCUT2D eigenvalue weighted by atomic mass is 79.9. The SMILES string of the molecule is CC(=O)O[C@@]1(O)C=CC(Br)=C[C@@H]1Br. The van der Waals surface area contributed by atoms with Gasteiger partial charge < -0.3 is 9.84 Å². The minimum Gasteiger partial charge on any atom is -0.428 e. The van der Waals surface area contributed by atoms with E-state index in [0.717, 1.165) is 4.48 Å². The van der Waals surface area contributed by atoms with Crippen molar-refractivity contribution in [1.29, 1.82) is 0 Å². The monoisotopic (exact) mass is 310 g/mol. The van der Waals surface area contributed by atoms with Gasteiger partial charge in [0.1, 0.15) is 4.83 Å². The second kappa shape index (κ2) is 3.94. The number of alkyl halides is 1. The van der Waals surface area contributed by atoms with Gasteiger partial charge in [-0.25, -0.2) is 0 Å². The van der Waals surface area contributed by atoms with Crippen molar-refractivity contribution in [2.24, 2.45) is 0 Å². The van der Waals surface area contributed by atoms with Crippen LogP contribution in [0.5, 0.6) is 0 Å². The molecule has 0 bridgehead atoms. The van der Waals surface area contributed by atoms with Gasteiger partial charge in [0.2, 0.25) is 5.79 Å².